The Balaban J connectivity index is 2.55. The van der Waals surface area contributed by atoms with Gasteiger partial charge in [0.25, 0.3) is 0 Å². The minimum Gasteiger partial charge on any atom is -0.481 e. The molecule has 0 bridgehead atoms. The summed E-state index contributed by atoms with van der Waals surface area (Å²) in [6, 6.07) is 0. The highest BCUT2D eigenvalue weighted by Crippen LogP contribution is 2.16. The lowest BCUT2D eigenvalue weighted by Crippen LogP contribution is -2.37. The summed E-state index contributed by atoms with van der Waals surface area (Å²) in [6.45, 7) is 2.64. The van der Waals surface area contributed by atoms with E-state index in [-0.39, 0.29) is 24.8 Å². The first-order valence-corrected chi connectivity index (χ1v) is 7.38. The summed E-state index contributed by atoms with van der Waals surface area (Å²) >= 11 is 0. The Morgan fingerprint density at radius 3 is 2.71 bits per heavy atom. The molecule has 1 rings (SSSR count). The molecule has 1 aliphatic rings. The lowest BCUT2D eigenvalue weighted by Gasteiger charge is -2.21. The van der Waals surface area contributed by atoms with Crippen LogP contribution in [0, 0.1) is 0 Å². The predicted octanol–water partition coefficient (Wildman–Crippen LogP) is 0.292. The largest absolute Gasteiger partial charge is 0.481 e. The van der Waals surface area contributed by atoms with Crippen molar-refractivity contribution in [3.05, 3.63) is 0 Å². The fraction of sp³-hybridized carbons (Fsp3) is 0.900. The van der Waals surface area contributed by atoms with Gasteiger partial charge in [-0.3, -0.25) is 4.79 Å². The summed E-state index contributed by atoms with van der Waals surface area (Å²) < 4.78 is 30.5. The van der Waals surface area contributed by atoms with E-state index in [1.54, 1.807) is 6.92 Å². The number of sulfonamides is 1. The van der Waals surface area contributed by atoms with Gasteiger partial charge in [0.1, 0.15) is 0 Å². The zero-order valence-corrected chi connectivity index (χ0v) is 10.8. The number of rotatable bonds is 7. The molecule has 0 amide bonds. The van der Waals surface area contributed by atoms with E-state index in [0.29, 0.717) is 13.2 Å². The number of carbonyl (C=O) groups is 1. The van der Waals surface area contributed by atoms with Gasteiger partial charge >= 0.3 is 5.97 Å². The fourth-order valence-electron chi connectivity index (χ4n) is 1.83. The van der Waals surface area contributed by atoms with Crippen molar-refractivity contribution < 1.29 is 23.1 Å². The average Bonchev–Trinajstić information content (AvgIpc) is 2.69. The molecule has 17 heavy (non-hydrogen) atoms. The van der Waals surface area contributed by atoms with E-state index in [2.05, 4.69) is 0 Å². The summed E-state index contributed by atoms with van der Waals surface area (Å²) in [5.41, 5.74) is 0. The van der Waals surface area contributed by atoms with E-state index in [4.69, 9.17) is 9.84 Å². The molecular formula is C10H19NO5S. The Morgan fingerprint density at radius 1 is 1.53 bits per heavy atom. The third kappa shape index (κ3) is 4.61. The maximum atomic E-state index is 12.0. The van der Waals surface area contributed by atoms with Crippen molar-refractivity contribution in [2.45, 2.75) is 32.3 Å². The first kappa shape index (κ1) is 14.4. The normalized spacial score (nSPS) is 20.9. The van der Waals surface area contributed by atoms with Crippen LogP contribution in [0.2, 0.25) is 0 Å². The van der Waals surface area contributed by atoms with Crippen molar-refractivity contribution in [1.82, 2.24) is 4.31 Å². The molecule has 0 spiro atoms. The lowest BCUT2D eigenvalue weighted by molar-refractivity contribution is -0.137. The predicted molar refractivity (Wildman–Crippen MR) is 62.3 cm³/mol. The van der Waals surface area contributed by atoms with Gasteiger partial charge < -0.3 is 9.84 Å². The quantitative estimate of drug-likeness (QED) is 0.715. The molecule has 1 unspecified atom stereocenters. The molecular weight excluding hydrogens is 246 g/mol. The second-order valence-electron chi connectivity index (χ2n) is 4.05. The lowest BCUT2D eigenvalue weighted by atomic mass is 10.3. The number of ether oxygens (including phenoxy) is 1. The minimum atomic E-state index is -3.41. The Morgan fingerprint density at radius 2 is 2.24 bits per heavy atom. The van der Waals surface area contributed by atoms with Crippen LogP contribution in [0.4, 0.5) is 0 Å². The van der Waals surface area contributed by atoms with Crippen molar-refractivity contribution in [1.29, 1.82) is 0 Å². The highest BCUT2D eigenvalue weighted by Gasteiger charge is 2.27. The maximum Gasteiger partial charge on any atom is 0.304 e. The van der Waals surface area contributed by atoms with E-state index in [1.165, 1.54) is 4.31 Å². The molecule has 0 aliphatic carbocycles. The van der Waals surface area contributed by atoms with Crippen molar-refractivity contribution >= 4 is 16.0 Å². The van der Waals surface area contributed by atoms with Crippen LogP contribution in [-0.4, -0.2) is 55.4 Å². The molecule has 6 nitrogen and oxygen atoms in total. The number of hydrogen-bond donors (Lipinski definition) is 1. The van der Waals surface area contributed by atoms with Crippen LogP contribution in [0.15, 0.2) is 0 Å². The molecule has 1 heterocycles. The second-order valence-corrected chi connectivity index (χ2v) is 6.06. The molecule has 0 saturated carbocycles. The third-order valence-corrected chi connectivity index (χ3v) is 4.76. The first-order valence-electron chi connectivity index (χ1n) is 5.77. The van der Waals surface area contributed by atoms with Crippen LogP contribution < -0.4 is 0 Å². The highest BCUT2D eigenvalue weighted by molar-refractivity contribution is 7.89. The zero-order valence-electron chi connectivity index (χ0n) is 9.96. The number of aliphatic carboxylic acids is 1. The van der Waals surface area contributed by atoms with Gasteiger partial charge in [0.2, 0.25) is 10.0 Å². The van der Waals surface area contributed by atoms with Gasteiger partial charge in [-0.2, -0.15) is 0 Å². The molecule has 0 aromatic carbocycles. The Labute approximate surface area is 102 Å². The molecule has 100 valence electrons. The van der Waals surface area contributed by atoms with E-state index < -0.39 is 16.0 Å². The van der Waals surface area contributed by atoms with E-state index in [0.717, 1.165) is 12.8 Å². The number of nitrogens with zero attached hydrogens (tertiary/aromatic N) is 1. The standard InChI is InChI=1S/C10H19NO5S/c1-2-11(6-5-10(12)13)17(14,15)8-9-4-3-7-16-9/h9H,2-8H2,1H3,(H,12,13). The number of carboxylic acid groups (broad SMARTS) is 1. The molecule has 0 aromatic rings. The van der Waals surface area contributed by atoms with Crippen molar-refractivity contribution in [3.63, 3.8) is 0 Å². The SMILES string of the molecule is CCN(CCC(=O)O)S(=O)(=O)CC1CCCO1. The van der Waals surface area contributed by atoms with Crippen LogP contribution in [-0.2, 0) is 19.6 Å². The highest BCUT2D eigenvalue weighted by atomic mass is 32.2. The summed E-state index contributed by atoms with van der Waals surface area (Å²) in [7, 11) is -3.41. The maximum absolute atomic E-state index is 12.0. The monoisotopic (exact) mass is 265 g/mol. The van der Waals surface area contributed by atoms with Crippen molar-refractivity contribution in [3.8, 4) is 0 Å². The number of hydrogen-bond acceptors (Lipinski definition) is 4. The minimum absolute atomic E-state index is 0.0287. The van der Waals surface area contributed by atoms with Crippen LogP contribution in [0.1, 0.15) is 26.2 Å². The summed E-state index contributed by atoms with van der Waals surface area (Å²) in [5.74, 6) is -1.03. The van der Waals surface area contributed by atoms with E-state index in [1.807, 2.05) is 0 Å². The topological polar surface area (TPSA) is 83.9 Å². The van der Waals surface area contributed by atoms with Crippen LogP contribution in [0.25, 0.3) is 0 Å². The smallest absolute Gasteiger partial charge is 0.304 e. The molecule has 0 radical (unpaired) electrons. The van der Waals surface area contributed by atoms with Gasteiger partial charge in [-0.05, 0) is 12.8 Å². The summed E-state index contributed by atoms with van der Waals surface area (Å²) in [6.07, 6.45) is 1.24. The molecule has 1 saturated heterocycles. The molecule has 1 N–H and O–H groups in total. The third-order valence-electron chi connectivity index (χ3n) is 2.74. The summed E-state index contributed by atoms with van der Waals surface area (Å²) in [5, 5.41) is 8.56. The van der Waals surface area contributed by atoms with Gasteiger partial charge in [0, 0.05) is 19.7 Å². The van der Waals surface area contributed by atoms with Gasteiger partial charge in [-0.1, -0.05) is 6.92 Å². The molecule has 7 heteroatoms. The van der Waals surface area contributed by atoms with E-state index in [9.17, 15) is 13.2 Å². The van der Waals surface area contributed by atoms with Gasteiger partial charge in [0.05, 0.1) is 18.3 Å². The van der Waals surface area contributed by atoms with Gasteiger partial charge in [-0.25, -0.2) is 12.7 Å². The van der Waals surface area contributed by atoms with E-state index >= 15 is 0 Å². The molecule has 0 aromatic heterocycles. The van der Waals surface area contributed by atoms with Crippen LogP contribution in [0.5, 0.6) is 0 Å². The van der Waals surface area contributed by atoms with Crippen molar-refractivity contribution in [2.24, 2.45) is 0 Å². The van der Waals surface area contributed by atoms with Crippen molar-refractivity contribution in [2.75, 3.05) is 25.4 Å². The fourth-order valence-corrected chi connectivity index (χ4v) is 3.54. The second kappa shape index (κ2) is 6.32. The van der Waals surface area contributed by atoms with Gasteiger partial charge in [-0.15, -0.1) is 0 Å². The first-order chi connectivity index (χ1) is 7.95. The van der Waals surface area contributed by atoms with Gasteiger partial charge in [0.15, 0.2) is 0 Å². The molecule has 1 atom stereocenters. The Kier molecular flexibility index (Phi) is 5.35. The number of carboxylic acids is 1. The summed E-state index contributed by atoms with van der Waals surface area (Å²) in [4.78, 5) is 10.4. The molecule has 1 aliphatic heterocycles. The Bertz CT molecular complexity index is 348. The average molecular weight is 265 g/mol. The zero-order chi connectivity index (χ0) is 12.9. The Hall–Kier alpha value is -0.660. The van der Waals surface area contributed by atoms with Crippen LogP contribution in [0.3, 0.4) is 0 Å². The van der Waals surface area contributed by atoms with Crippen LogP contribution >= 0.6 is 0 Å². The molecule has 1 fully saturated rings.